The molecule has 3 rings (SSSR count). The van der Waals surface area contributed by atoms with E-state index in [-0.39, 0.29) is 23.7 Å². The topological polar surface area (TPSA) is 41.6 Å². The normalized spacial score (nSPS) is 19.9. The van der Waals surface area contributed by atoms with E-state index < -0.39 is 0 Å². The molecule has 126 valence electrons. The summed E-state index contributed by atoms with van der Waals surface area (Å²) < 4.78 is 18.9. The van der Waals surface area contributed by atoms with Gasteiger partial charge in [0, 0.05) is 31.5 Å². The Hall–Kier alpha value is -1.46. The van der Waals surface area contributed by atoms with Gasteiger partial charge in [0.2, 0.25) is 5.91 Å². The van der Waals surface area contributed by atoms with Crippen LogP contribution in [0.1, 0.15) is 32.3 Å². The van der Waals surface area contributed by atoms with Gasteiger partial charge in [-0.1, -0.05) is 19.9 Å². The number of amides is 1. The molecule has 0 spiro atoms. The van der Waals surface area contributed by atoms with Crippen LogP contribution in [0.15, 0.2) is 18.2 Å². The molecule has 1 aromatic carbocycles. The molecule has 0 saturated carbocycles. The lowest BCUT2D eigenvalue weighted by molar-refractivity contribution is -0.122. The molecule has 1 atom stereocenters. The summed E-state index contributed by atoms with van der Waals surface area (Å²) in [5, 5.41) is 3.51. The lowest BCUT2D eigenvalue weighted by atomic mass is 9.99. The number of benzene rings is 1. The Morgan fingerprint density at radius 3 is 2.78 bits per heavy atom. The summed E-state index contributed by atoms with van der Waals surface area (Å²) in [6, 6.07) is 4.80. The van der Waals surface area contributed by atoms with Crippen molar-refractivity contribution in [1.29, 1.82) is 0 Å². The summed E-state index contributed by atoms with van der Waals surface area (Å²) in [5.41, 5.74) is 1.78. The zero-order valence-corrected chi connectivity index (χ0v) is 13.8. The van der Waals surface area contributed by atoms with Crippen molar-refractivity contribution in [3.05, 3.63) is 29.6 Å². The van der Waals surface area contributed by atoms with E-state index in [1.807, 2.05) is 0 Å². The number of hydrogen-bond donors (Lipinski definition) is 1. The van der Waals surface area contributed by atoms with Crippen molar-refractivity contribution in [1.82, 2.24) is 5.32 Å². The Morgan fingerprint density at radius 1 is 1.35 bits per heavy atom. The van der Waals surface area contributed by atoms with E-state index in [4.69, 9.17) is 4.74 Å². The molecule has 2 aliphatic heterocycles. The molecule has 0 unspecified atom stereocenters. The van der Waals surface area contributed by atoms with Crippen molar-refractivity contribution in [3.63, 3.8) is 0 Å². The Kier molecular flexibility index (Phi) is 4.97. The Bertz CT molecular complexity index is 570. The SMILES string of the molecule is CC(C)[C@H](NC1CCOCC1)C(=O)N1CCc2ccc(F)cc21. The summed E-state index contributed by atoms with van der Waals surface area (Å²) in [6.45, 7) is 6.23. The van der Waals surface area contributed by atoms with Crippen molar-refractivity contribution in [2.24, 2.45) is 5.92 Å². The van der Waals surface area contributed by atoms with E-state index >= 15 is 0 Å². The van der Waals surface area contributed by atoms with Crippen molar-refractivity contribution in [2.45, 2.75) is 45.2 Å². The number of carbonyl (C=O) groups excluding carboxylic acids is 1. The van der Waals surface area contributed by atoms with Gasteiger partial charge in [-0.3, -0.25) is 4.79 Å². The van der Waals surface area contributed by atoms with Crippen LogP contribution in [0.5, 0.6) is 0 Å². The molecule has 0 aromatic heterocycles. The molecular formula is C18H25FN2O2. The first-order chi connectivity index (χ1) is 11.1. The zero-order chi connectivity index (χ0) is 16.4. The summed E-state index contributed by atoms with van der Waals surface area (Å²) >= 11 is 0. The average Bonchev–Trinajstić information content (AvgIpc) is 2.95. The molecule has 1 N–H and O–H groups in total. The van der Waals surface area contributed by atoms with E-state index in [0.717, 1.165) is 43.7 Å². The number of rotatable bonds is 4. The molecule has 1 aromatic rings. The van der Waals surface area contributed by atoms with Crippen LogP contribution in [-0.4, -0.2) is 37.7 Å². The molecule has 1 amide bonds. The second-order valence-corrected chi connectivity index (χ2v) is 6.79. The van der Waals surface area contributed by atoms with Crippen LogP contribution in [0.4, 0.5) is 10.1 Å². The second-order valence-electron chi connectivity index (χ2n) is 6.79. The summed E-state index contributed by atoms with van der Waals surface area (Å²) in [7, 11) is 0. The van der Waals surface area contributed by atoms with Crippen LogP contribution in [-0.2, 0) is 16.0 Å². The number of carbonyl (C=O) groups is 1. The molecule has 2 heterocycles. The maximum Gasteiger partial charge on any atom is 0.244 e. The molecule has 2 aliphatic rings. The molecular weight excluding hydrogens is 295 g/mol. The van der Waals surface area contributed by atoms with E-state index in [1.165, 1.54) is 12.1 Å². The van der Waals surface area contributed by atoms with Crippen molar-refractivity contribution in [2.75, 3.05) is 24.7 Å². The molecule has 0 aliphatic carbocycles. The summed E-state index contributed by atoms with van der Waals surface area (Å²) in [6.07, 6.45) is 2.66. The smallest absolute Gasteiger partial charge is 0.244 e. The molecule has 23 heavy (non-hydrogen) atoms. The predicted molar refractivity (Wildman–Crippen MR) is 88.1 cm³/mol. The third kappa shape index (κ3) is 3.56. The van der Waals surface area contributed by atoms with Crippen molar-refractivity contribution in [3.8, 4) is 0 Å². The lowest BCUT2D eigenvalue weighted by Gasteiger charge is -2.32. The van der Waals surface area contributed by atoms with Gasteiger partial charge in [0.1, 0.15) is 5.82 Å². The monoisotopic (exact) mass is 320 g/mol. The van der Waals surface area contributed by atoms with Crippen LogP contribution in [0.2, 0.25) is 0 Å². The van der Waals surface area contributed by atoms with Crippen molar-refractivity contribution < 1.29 is 13.9 Å². The van der Waals surface area contributed by atoms with Crippen LogP contribution in [0.3, 0.4) is 0 Å². The second kappa shape index (κ2) is 6.97. The largest absolute Gasteiger partial charge is 0.381 e. The highest BCUT2D eigenvalue weighted by atomic mass is 19.1. The zero-order valence-electron chi connectivity index (χ0n) is 13.8. The van der Waals surface area contributed by atoms with E-state index in [1.54, 1.807) is 11.0 Å². The highest BCUT2D eigenvalue weighted by molar-refractivity contribution is 5.99. The van der Waals surface area contributed by atoms with Gasteiger partial charge in [-0.15, -0.1) is 0 Å². The standard InChI is InChI=1S/C18H25FN2O2/c1-12(2)17(20-15-6-9-23-10-7-15)18(22)21-8-5-13-3-4-14(19)11-16(13)21/h3-4,11-12,15,17,20H,5-10H2,1-2H3/t17-/m0/s1. The first-order valence-corrected chi connectivity index (χ1v) is 8.50. The average molecular weight is 320 g/mol. The van der Waals surface area contributed by atoms with E-state index in [9.17, 15) is 9.18 Å². The third-order valence-corrected chi connectivity index (χ3v) is 4.78. The van der Waals surface area contributed by atoms with Crippen molar-refractivity contribution >= 4 is 11.6 Å². The maximum absolute atomic E-state index is 13.6. The predicted octanol–water partition coefficient (Wildman–Crippen LogP) is 2.51. The van der Waals surface area contributed by atoms with Gasteiger partial charge in [0.15, 0.2) is 0 Å². The van der Waals surface area contributed by atoms with Gasteiger partial charge >= 0.3 is 0 Å². The number of nitrogens with one attached hydrogen (secondary N) is 1. The number of halogens is 1. The number of nitrogens with zero attached hydrogens (tertiary/aromatic N) is 1. The van der Waals surface area contributed by atoms with Crippen LogP contribution in [0.25, 0.3) is 0 Å². The molecule has 0 bridgehead atoms. The van der Waals surface area contributed by atoms with Gasteiger partial charge < -0.3 is 15.0 Å². The first-order valence-electron chi connectivity index (χ1n) is 8.50. The number of ether oxygens (including phenoxy) is 1. The highest BCUT2D eigenvalue weighted by Gasteiger charge is 2.33. The molecule has 1 fully saturated rings. The van der Waals surface area contributed by atoms with E-state index in [0.29, 0.717) is 12.6 Å². The minimum atomic E-state index is -0.290. The van der Waals surface area contributed by atoms with Crippen LogP contribution < -0.4 is 10.2 Å². The van der Waals surface area contributed by atoms with Gasteiger partial charge in [-0.05, 0) is 42.9 Å². The molecule has 4 nitrogen and oxygen atoms in total. The third-order valence-electron chi connectivity index (χ3n) is 4.78. The maximum atomic E-state index is 13.6. The number of hydrogen-bond acceptors (Lipinski definition) is 3. The van der Waals surface area contributed by atoms with Gasteiger partial charge in [0.25, 0.3) is 0 Å². The fourth-order valence-corrected chi connectivity index (χ4v) is 3.42. The Labute approximate surface area is 137 Å². The Balaban J connectivity index is 1.76. The first kappa shape index (κ1) is 16.4. The van der Waals surface area contributed by atoms with E-state index in [2.05, 4.69) is 19.2 Å². The van der Waals surface area contributed by atoms with Gasteiger partial charge in [-0.2, -0.15) is 0 Å². The molecule has 0 radical (unpaired) electrons. The highest BCUT2D eigenvalue weighted by Crippen LogP contribution is 2.30. The fraction of sp³-hybridized carbons (Fsp3) is 0.611. The van der Waals surface area contributed by atoms with Gasteiger partial charge in [-0.25, -0.2) is 4.39 Å². The summed E-state index contributed by atoms with van der Waals surface area (Å²) in [4.78, 5) is 14.8. The molecule has 1 saturated heterocycles. The van der Waals surface area contributed by atoms with Gasteiger partial charge in [0.05, 0.1) is 6.04 Å². The minimum absolute atomic E-state index is 0.0517. The number of anilines is 1. The molecule has 5 heteroatoms. The van der Waals surface area contributed by atoms with Crippen LogP contribution in [0, 0.1) is 11.7 Å². The van der Waals surface area contributed by atoms with Crippen LogP contribution >= 0.6 is 0 Å². The Morgan fingerprint density at radius 2 is 2.09 bits per heavy atom. The lowest BCUT2D eigenvalue weighted by Crippen LogP contribution is -2.53. The number of fused-ring (bicyclic) bond motifs is 1. The minimum Gasteiger partial charge on any atom is -0.381 e. The fourth-order valence-electron chi connectivity index (χ4n) is 3.42. The summed E-state index contributed by atoms with van der Waals surface area (Å²) in [5.74, 6) is -0.0549. The quantitative estimate of drug-likeness (QED) is 0.927.